The lowest BCUT2D eigenvalue weighted by atomic mass is 10.2. The molecule has 0 aliphatic rings. The summed E-state index contributed by atoms with van der Waals surface area (Å²) in [7, 11) is -3.66. The van der Waals surface area contributed by atoms with Crippen molar-refractivity contribution in [3.05, 3.63) is 51.4 Å². The van der Waals surface area contributed by atoms with E-state index in [0.29, 0.717) is 0 Å². The molecule has 0 aliphatic carbocycles. The van der Waals surface area contributed by atoms with Crippen LogP contribution in [0.15, 0.2) is 44.8 Å². The van der Waals surface area contributed by atoms with Gasteiger partial charge in [0.2, 0.25) is 9.84 Å². The Morgan fingerprint density at radius 1 is 1.28 bits per heavy atom. The summed E-state index contributed by atoms with van der Waals surface area (Å²) in [5.74, 6) is 0. The molecule has 0 N–H and O–H groups in total. The molecule has 1 aromatic carbocycles. The van der Waals surface area contributed by atoms with Crippen molar-refractivity contribution >= 4 is 26.9 Å². The van der Waals surface area contributed by atoms with Crippen LogP contribution in [0.25, 0.3) is 0 Å². The van der Waals surface area contributed by atoms with Crippen molar-refractivity contribution in [2.45, 2.75) is 16.0 Å². The van der Waals surface area contributed by atoms with Gasteiger partial charge in [0, 0.05) is 6.07 Å². The predicted molar refractivity (Wildman–Crippen MR) is 67.6 cm³/mol. The second kappa shape index (κ2) is 4.51. The van der Waals surface area contributed by atoms with Crippen LogP contribution in [0.2, 0.25) is 0 Å². The van der Waals surface area contributed by atoms with Crippen LogP contribution in [0, 0.1) is 17.0 Å². The van der Waals surface area contributed by atoms with Gasteiger partial charge in [-0.25, -0.2) is 8.42 Å². The average Bonchev–Trinajstić information content (AvgIpc) is 2.79. The van der Waals surface area contributed by atoms with Gasteiger partial charge < -0.3 is 0 Å². The molecule has 2 aromatic rings. The molecule has 7 heteroatoms. The van der Waals surface area contributed by atoms with Gasteiger partial charge in [0.05, 0.1) is 15.2 Å². The van der Waals surface area contributed by atoms with Crippen molar-refractivity contribution in [2.24, 2.45) is 0 Å². The first-order valence-corrected chi connectivity index (χ1v) is 7.32. The third-order valence-electron chi connectivity index (χ3n) is 2.34. The minimum absolute atomic E-state index is 0.0141. The lowest BCUT2D eigenvalue weighted by molar-refractivity contribution is -0.384. The third-order valence-corrected chi connectivity index (χ3v) is 5.52. The zero-order chi connectivity index (χ0) is 13.3. The number of hydrogen-bond acceptors (Lipinski definition) is 5. The summed E-state index contributed by atoms with van der Waals surface area (Å²) in [6.07, 6.45) is 0. The maximum absolute atomic E-state index is 12.2. The van der Waals surface area contributed by atoms with E-state index in [-0.39, 0.29) is 14.8 Å². The Labute approximate surface area is 108 Å². The van der Waals surface area contributed by atoms with Crippen LogP contribution < -0.4 is 0 Å². The zero-order valence-corrected chi connectivity index (χ0v) is 11.0. The molecule has 1 heterocycles. The molecule has 1 aromatic heterocycles. The molecule has 0 atom stereocenters. The molecule has 0 unspecified atom stereocenters. The first kappa shape index (κ1) is 12.7. The maximum atomic E-state index is 12.2. The molecule has 0 bridgehead atoms. The number of nitro groups is 1. The van der Waals surface area contributed by atoms with Crippen molar-refractivity contribution in [1.29, 1.82) is 0 Å². The Balaban J connectivity index is 2.51. The Bertz CT molecular complexity index is 703. The van der Waals surface area contributed by atoms with Gasteiger partial charge in [-0.2, -0.15) is 0 Å². The van der Waals surface area contributed by atoms with Gasteiger partial charge in [-0.15, -0.1) is 11.3 Å². The SMILES string of the molecule is Cc1cccc(S(=O)(=O)c2cc([N+](=O)[O-])cs2)c1. The summed E-state index contributed by atoms with van der Waals surface area (Å²) in [5, 5.41) is 11.8. The monoisotopic (exact) mass is 283 g/mol. The van der Waals surface area contributed by atoms with Crippen LogP contribution in [0.5, 0.6) is 0 Å². The van der Waals surface area contributed by atoms with E-state index in [9.17, 15) is 18.5 Å². The van der Waals surface area contributed by atoms with Crippen molar-refractivity contribution in [2.75, 3.05) is 0 Å². The Morgan fingerprint density at radius 3 is 2.56 bits per heavy atom. The highest BCUT2D eigenvalue weighted by Gasteiger charge is 2.22. The van der Waals surface area contributed by atoms with Gasteiger partial charge in [-0.05, 0) is 24.6 Å². The molecular weight excluding hydrogens is 274 g/mol. The van der Waals surface area contributed by atoms with Crippen LogP contribution in [-0.2, 0) is 9.84 Å². The van der Waals surface area contributed by atoms with Gasteiger partial charge >= 0.3 is 0 Å². The third kappa shape index (κ3) is 2.27. The van der Waals surface area contributed by atoms with E-state index >= 15 is 0 Å². The van der Waals surface area contributed by atoms with Crippen LogP contribution in [0.4, 0.5) is 5.69 Å². The van der Waals surface area contributed by atoms with Gasteiger partial charge in [0.25, 0.3) is 5.69 Å². The predicted octanol–water partition coefficient (Wildman–Crippen LogP) is 2.80. The van der Waals surface area contributed by atoms with Crippen molar-refractivity contribution in [3.8, 4) is 0 Å². The summed E-state index contributed by atoms with van der Waals surface area (Å²) < 4.78 is 24.4. The van der Waals surface area contributed by atoms with Crippen molar-refractivity contribution in [1.82, 2.24) is 0 Å². The summed E-state index contributed by atoms with van der Waals surface area (Å²) in [6.45, 7) is 1.79. The van der Waals surface area contributed by atoms with E-state index in [0.717, 1.165) is 23.0 Å². The number of hydrogen-bond donors (Lipinski definition) is 0. The number of nitrogens with zero attached hydrogens (tertiary/aromatic N) is 1. The normalized spacial score (nSPS) is 11.4. The number of thiophene rings is 1. The summed E-state index contributed by atoms with van der Waals surface area (Å²) in [5.41, 5.74) is 0.619. The van der Waals surface area contributed by atoms with Crippen LogP contribution in [-0.4, -0.2) is 13.3 Å². The highest BCUT2D eigenvalue weighted by molar-refractivity contribution is 7.93. The fraction of sp³-hybridized carbons (Fsp3) is 0.0909. The summed E-state index contributed by atoms with van der Waals surface area (Å²) in [6, 6.07) is 7.54. The fourth-order valence-corrected chi connectivity index (χ4v) is 4.07. The minimum Gasteiger partial charge on any atom is -0.258 e. The number of sulfone groups is 1. The van der Waals surface area contributed by atoms with E-state index in [2.05, 4.69) is 0 Å². The van der Waals surface area contributed by atoms with Crippen LogP contribution in [0.3, 0.4) is 0 Å². The topological polar surface area (TPSA) is 77.3 Å². The van der Waals surface area contributed by atoms with Gasteiger partial charge in [0.15, 0.2) is 0 Å². The molecule has 18 heavy (non-hydrogen) atoms. The Morgan fingerprint density at radius 2 is 2.00 bits per heavy atom. The Hall–Kier alpha value is -1.73. The lowest BCUT2D eigenvalue weighted by Crippen LogP contribution is -1.99. The highest BCUT2D eigenvalue weighted by atomic mass is 32.2. The largest absolute Gasteiger partial charge is 0.281 e. The Kier molecular flexibility index (Phi) is 3.18. The van der Waals surface area contributed by atoms with Crippen LogP contribution >= 0.6 is 11.3 Å². The minimum atomic E-state index is -3.66. The van der Waals surface area contributed by atoms with Gasteiger partial charge in [-0.3, -0.25) is 10.1 Å². The van der Waals surface area contributed by atoms with E-state index in [1.807, 2.05) is 0 Å². The smallest absolute Gasteiger partial charge is 0.258 e. The number of rotatable bonds is 3. The zero-order valence-electron chi connectivity index (χ0n) is 9.36. The second-order valence-corrected chi connectivity index (χ2v) is 6.79. The molecule has 0 saturated carbocycles. The molecule has 0 aliphatic heterocycles. The molecule has 0 radical (unpaired) electrons. The van der Waals surface area contributed by atoms with Gasteiger partial charge in [0.1, 0.15) is 4.21 Å². The van der Waals surface area contributed by atoms with Crippen molar-refractivity contribution < 1.29 is 13.3 Å². The van der Waals surface area contributed by atoms with Crippen LogP contribution in [0.1, 0.15) is 5.56 Å². The molecule has 0 fully saturated rings. The molecular formula is C11H9NO4S2. The standard InChI is InChI=1S/C11H9NO4S2/c1-8-3-2-4-10(5-8)18(15,16)11-6-9(7-17-11)12(13)14/h2-7H,1H3. The van der Waals surface area contributed by atoms with Gasteiger partial charge in [-0.1, -0.05) is 12.1 Å². The van der Waals surface area contributed by atoms with Crippen molar-refractivity contribution in [3.63, 3.8) is 0 Å². The summed E-state index contributed by atoms with van der Waals surface area (Å²) in [4.78, 5) is 10.1. The highest BCUT2D eigenvalue weighted by Crippen LogP contribution is 2.30. The average molecular weight is 283 g/mol. The first-order valence-electron chi connectivity index (χ1n) is 4.96. The number of benzene rings is 1. The lowest BCUT2D eigenvalue weighted by Gasteiger charge is -2.01. The molecule has 0 amide bonds. The second-order valence-electron chi connectivity index (χ2n) is 3.70. The molecule has 0 spiro atoms. The summed E-state index contributed by atoms with van der Waals surface area (Å²) >= 11 is 0.856. The molecule has 2 rings (SSSR count). The van der Waals surface area contributed by atoms with E-state index in [4.69, 9.17) is 0 Å². The maximum Gasteiger partial charge on any atom is 0.281 e. The first-order chi connectivity index (χ1) is 8.41. The van der Waals surface area contributed by atoms with E-state index in [1.165, 1.54) is 11.4 Å². The van der Waals surface area contributed by atoms with E-state index < -0.39 is 14.8 Å². The van der Waals surface area contributed by atoms with E-state index in [1.54, 1.807) is 25.1 Å². The quantitative estimate of drug-likeness (QED) is 0.641. The fourth-order valence-electron chi connectivity index (χ4n) is 1.44. The molecule has 94 valence electrons. The molecule has 0 saturated heterocycles. The molecule has 5 nitrogen and oxygen atoms in total. The number of aryl methyl sites for hydroxylation is 1.